The maximum Gasteiger partial charge on any atom is 0.277 e. The first-order valence-electron chi connectivity index (χ1n) is 8.34. The zero-order valence-corrected chi connectivity index (χ0v) is 14.2. The van der Waals surface area contributed by atoms with Gasteiger partial charge in [0.2, 0.25) is 0 Å². The Morgan fingerprint density at radius 2 is 1.67 bits per heavy atom. The third kappa shape index (κ3) is 3.59. The first kappa shape index (κ1) is 16.7. The minimum absolute atomic E-state index is 0.240. The van der Waals surface area contributed by atoms with Crippen molar-refractivity contribution in [3.63, 3.8) is 0 Å². The molecule has 0 bridgehead atoms. The van der Waals surface area contributed by atoms with Gasteiger partial charge in [-0.05, 0) is 54.6 Å². The molecule has 0 aliphatic rings. The number of nitrogens with zero attached hydrogens (tertiary/aromatic N) is 3. The van der Waals surface area contributed by atoms with Gasteiger partial charge in [0.05, 0.1) is 11.4 Å². The van der Waals surface area contributed by atoms with E-state index >= 15 is 0 Å². The van der Waals surface area contributed by atoms with Gasteiger partial charge in [-0.3, -0.25) is 4.79 Å². The standard InChI is InChI=1S/C21H15FN4O/c22-16-11-9-15(10-12-16)19-14-18(21(27)24-20-8-4-5-13-23-20)25-26(19)17-6-2-1-3-7-17/h1-14H,(H,23,24,27). The molecule has 6 heteroatoms. The highest BCUT2D eigenvalue weighted by molar-refractivity contribution is 6.03. The molecule has 0 saturated carbocycles. The second-order valence-corrected chi connectivity index (χ2v) is 5.84. The van der Waals surface area contributed by atoms with E-state index in [1.807, 2.05) is 30.3 Å². The Labute approximate surface area is 155 Å². The first-order chi connectivity index (χ1) is 13.2. The lowest BCUT2D eigenvalue weighted by Gasteiger charge is -2.07. The molecule has 0 atom stereocenters. The van der Waals surface area contributed by atoms with Crippen molar-refractivity contribution in [1.29, 1.82) is 0 Å². The highest BCUT2D eigenvalue weighted by Crippen LogP contribution is 2.24. The summed E-state index contributed by atoms with van der Waals surface area (Å²) in [5.74, 6) is -0.246. The number of carbonyl (C=O) groups excluding carboxylic acids is 1. The molecule has 0 radical (unpaired) electrons. The minimum atomic E-state index is -0.369. The number of carbonyl (C=O) groups is 1. The van der Waals surface area contributed by atoms with Crippen molar-refractivity contribution in [1.82, 2.24) is 14.8 Å². The first-order valence-corrected chi connectivity index (χ1v) is 8.34. The molecule has 4 rings (SSSR count). The Kier molecular flexibility index (Phi) is 4.45. The maximum absolute atomic E-state index is 13.3. The van der Waals surface area contributed by atoms with Gasteiger partial charge in [-0.25, -0.2) is 14.1 Å². The van der Waals surface area contributed by atoms with Crippen LogP contribution in [-0.2, 0) is 0 Å². The second kappa shape index (κ2) is 7.21. The van der Waals surface area contributed by atoms with E-state index in [-0.39, 0.29) is 17.4 Å². The van der Waals surface area contributed by atoms with Crippen LogP contribution >= 0.6 is 0 Å². The summed E-state index contributed by atoms with van der Waals surface area (Å²) in [4.78, 5) is 16.7. The Morgan fingerprint density at radius 1 is 0.926 bits per heavy atom. The average Bonchev–Trinajstić information content (AvgIpc) is 3.16. The number of aromatic nitrogens is 3. The van der Waals surface area contributed by atoms with Crippen molar-refractivity contribution in [3.05, 3.63) is 96.6 Å². The molecule has 0 saturated heterocycles. The fraction of sp³-hybridized carbons (Fsp3) is 0. The third-order valence-corrected chi connectivity index (χ3v) is 3.99. The summed E-state index contributed by atoms with van der Waals surface area (Å²) in [5.41, 5.74) is 2.48. The van der Waals surface area contributed by atoms with Gasteiger partial charge in [0.25, 0.3) is 5.91 Å². The molecule has 1 amide bonds. The van der Waals surface area contributed by atoms with Gasteiger partial charge in [-0.15, -0.1) is 0 Å². The van der Waals surface area contributed by atoms with E-state index in [4.69, 9.17) is 0 Å². The molecule has 0 unspecified atom stereocenters. The van der Waals surface area contributed by atoms with Crippen LogP contribution in [0.2, 0.25) is 0 Å². The maximum atomic E-state index is 13.3. The average molecular weight is 358 g/mol. The van der Waals surface area contributed by atoms with E-state index in [0.29, 0.717) is 11.5 Å². The van der Waals surface area contributed by atoms with Crippen molar-refractivity contribution >= 4 is 11.7 Å². The van der Waals surface area contributed by atoms with Crippen LogP contribution in [0.15, 0.2) is 85.1 Å². The summed E-state index contributed by atoms with van der Waals surface area (Å²) in [6.45, 7) is 0. The number of rotatable bonds is 4. The summed E-state index contributed by atoms with van der Waals surface area (Å²) < 4.78 is 15.0. The lowest BCUT2D eigenvalue weighted by atomic mass is 10.1. The van der Waals surface area contributed by atoms with Crippen molar-refractivity contribution in [2.45, 2.75) is 0 Å². The van der Waals surface area contributed by atoms with Crippen molar-refractivity contribution in [2.24, 2.45) is 0 Å². The number of pyridine rings is 1. The van der Waals surface area contributed by atoms with Crippen LogP contribution in [0.5, 0.6) is 0 Å². The van der Waals surface area contributed by atoms with Crippen LogP contribution in [0, 0.1) is 5.82 Å². The number of benzene rings is 2. The van der Waals surface area contributed by atoms with Gasteiger partial charge in [-0.1, -0.05) is 24.3 Å². The second-order valence-electron chi connectivity index (χ2n) is 5.84. The number of hydrogen-bond donors (Lipinski definition) is 1. The molecule has 4 aromatic rings. The minimum Gasteiger partial charge on any atom is -0.305 e. The molecule has 0 aliphatic heterocycles. The molecule has 1 N–H and O–H groups in total. The zero-order chi connectivity index (χ0) is 18.6. The number of amides is 1. The monoisotopic (exact) mass is 358 g/mol. The van der Waals surface area contributed by atoms with Crippen LogP contribution in [0.25, 0.3) is 16.9 Å². The highest BCUT2D eigenvalue weighted by Gasteiger charge is 2.17. The molecule has 0 spiro atoms. The van der Waals surface area contributed by atoms with Gasteiger partial charge in [-0.2, -0.15) is 5.10 Å². The van der Waals surface area contributed by atoms with E-state index < -0.39 is 0 Å². The number of hydrogen-bond acceptors (Lipinski definition) is 3. The van der Waals surface area contributed by atoms with E-state index in [0.717, 1.165) is 11.3 Å². The molecular weight excluding hydrogens is 343 g/mol. The lowest BCUT2D eigenvalue weighted by molar-refractivity contribution is 0.102. The Hall–Kier alpha value is -3.80. The van der Waals surface area contributed by atoms with E-state index in [1.54, 1.807) is 47.3 Å². The van der Waals surface area contributed by atoms with Crippen LogP contribution < -0.4 is 5.32 Å². The molecular formula is C21H15FN4O. The van der Waals surface area contributed by atoms with Crippen LogP contribution in [-0.4, -0.2) is 20.7 Å². The summed E-state index contributed by atoms with van der Waals surface area (Å²) in [6, 6.07) is 22.5. The van der Waals surface area contributed by atoms with Gasteiger partial charge >= 0.3 is 0 Å². The van der Waals surface area contributed by atoms with Crippen LogP contribution in [0.4, 0.5) is 10.2 Å². The van der Waals surface area contributed by atoms with Crippen molar-refractivity contribution in [2.75, 3.05) is 5.32 Å². The summed E-state index contributed by atoms with van der Waals surface area (Å²) >= 11 is 0. The third-order valence-electron chi connectivity index (χ3n) is 3.99. The number of para-hydroxylation sites is 1. The van der Waals surface area contributed by atoms with Crippen LogP contribution in [0.3, 0.4) is 0 Å². The molecule has 0 aliphatic carbocycles. The smallest absolute Gasteiger partial charge is 0.277 e. The molecule has 2 aromatic heterocycles. The lowest BCUT2D eigenvalue weighted by Crippen LogP contribution is -2.14. The normalized spacial score (nSPS) is 10.6. The fourth-order valence-electron chi connectivity index (χ4n) is 2.70. The molecule has 2 aromatic carbocycles. The van der Waals surface area contributed by atoms with E-state index in [1.165, 1.54) is 12.1 Å². The number of anilines is 1. The Balaban J connectivity index is 1.75. The summed E-state index contributed by atoms with van der Waals surface area (Å²) in [7, 11) is 0. The number of halogens is 1. The summed E-state index contributed by atoms with van der Waals surface area (Å²) in [6.07, 6.45) is 1.60. The Bertz CT molecular complexity index is 1060. The molecule has 27 heavy (non-hydrogen) atoms. The van der Waals surface area contributed by atoms with Crippen molar-refractivity contribution < 1.29 is 9.18 Å². The van der Waals surface area contributed by atoms with Crippen molar-refractivity contribution in [3.8, 4) is 16.9 Å². The van der Waals surface area contributed by atoms with E-state index in [9.17, 15) is 9.18 Å². The molecule has 2 heterocycles. The zero-order valence-electron chi connectivity index (χ0n) is 14.2. The molecule has 5 nitrogen and oxygen atoms in total. The van der Waals surface area contributed by atoms with Gasteiger partial charge in [0.1, 0.15) is 11.6 Å². The summed E-state index contributed by atoms with van der Waals surface area (Å²) in [5, 5.41) is 7.18. The predicted molar refractivity (Wildman–Crippen MR) is 101 cm³/mol. The molecule has 0 fully saturated rings. The van der Waals surface area contributed by atoms with Gasteiger partial charge < -0.3 is 5.32 Å². The predicted octanol–water partition coefficient (Wildman–Crippen LogP) is 4.33. The quantitative estimate of drug-likeness (QED) is 0.591. The highest BCUT2D eigenvalue weighted by atomic mass is 19.1. The SMILES string of the molecule is O=C(Nc1ccccn1)c1cc(-c2ccc(F)cc2)n(-c2ccccc2)n1. The van der Waals surface area contributed by atoms with Gasteiger partial charge in [0.15, 0.2) is 5.69 Å². The Morgan fingerprint density at radius 3 is 2.37 bits per heavy atom. The van der Waals surface area contributed by atoms with Gasteiger partial charge in [0, 0.05) is 11.8 Å². The topological polar surface area (TPSA) is 59.8 Å². The van der Waals surface area contributed by atoms with E-state index in [2.05, 4.69) is 15.4 Å². The van der Waals surface area contributed by atoms with Crippen LogP contribution in [0.1, 0.15) is 10.5 Å². The largest absolute Gasteiger partial charge is 0.305 e. The fourth-order valence-corrected chi connectivity index (χ4v) is 2.70. The number of nitrogens with one attached hydrogen (secondary N) is 1. The molecule has 132 valence electrons.